The van der Waals surface area contributed by atoms with Crippen molar-refractivity contribution in [3.05, 3.63) is 41.6 Å². The number of likely N-dealkylation sites (tertiary alicyclic amines) is 1. The van der Waals surface area contributed by atoms with E-state index in [1.807, 2.05) is 12.3 Å². The van der Waals surface area contributed by atoms with E-state index < -0.39 is 0 Å². The molecular weight excluding hydrogens is 312 g/mol. The van der Waals surface area contributed by atoms with Crippen LogP contribution in [0.3, 0.4) is 0 Å². The Balaban J connectivity index is 1.70. The molecule has 25 heavy (non-hydrogen) atoms. The summed E-state index contributed by atoms with van der Waals surface area (Å²) in [7, 11) is 0. The number of rotatable bonds is 6. The first-order valence-electron chi connectivity index (χ1n) is 9.22. The van der Waals surface area contributed by atoms with E-state index in [4.69, 9.17) is 5.73 Å². The summed E-state index contributed by atoms with van der Waals surface area (Å²) >= 11 is 0. The Bertz CT molecular complexity index is 731. The molecule has 1 atom stereocenters. The van der Waals surface area contributed by atoms with Crippen molar-refractivity contribution in [3.8, 4) is 0 Å². The largest absolute Gasteiger partial charge is 0.354 e. The SMILES string of the molecule is Cc1cc(CN2CCCCC2CNC(=O)CCN)cc2cccnc12. The van der Waals surface area contributed by atoms with Gasteiger partial charge in [0.2, 0.25) is 5.91 Å². The molecule has 3 N–H and O–H groups in total. The van der Waals surface area contributed by atoms with Crippen molar-refractivity contribution >= 4 is 16.8 Å². The number of benzene rings is 1. The minimum atomic E-state index is 0.0562. The van der Waals surface area contributed by atoms with Crippen molar-refractivity contribution in [2.24, 2.45) is 5.73 Å². The average molecular weight is 340 g/mol. The van der Waals surface area contributed by atoms with E-state index in [0.717, 1.165) is 25.0 Å². The first-order valence-corrected chi connectivity index (χ1v) is 9.22. The third-order valence-electron chi connectivity index (χ3n) is 5.00. The molecule has 1 fully saturated rings. The summed E-state index contributed by atoms with van der Waals surface area (Å²) in [6.45, 7) is 5.25. The maximum atomic E-state index is 11.7. The average Bonchev–Trinajstić information content (AvgIpc) is 2.61. The lowest BCUT2D eigenvalue weighted by molar-refractivity contribution is -0.121. The smallest absolute Gasteiger partial charge is 0.221 e. The van der Waals surface area contributed by atoms with Gasteiger partial charge in [0.05, 0.1) is 5.52 Å². The first-order chi connectivity index (χ1) is 12.2. The van der Waals surface area contributed by atoms with Crippen molar-refractivity contribution < 1.29 is 4.79 Å². The van der Waals surface area contributed by atoms with Crippen LogP contribution in [0.4, 0.5) is 0 Å². The number of piperidine rings is 1. The van der Waals surface area contributed by atoms with Gasteiger partial charge in [-0.2, -0.15) is 0 Å². The molecule has 1 aliphatic heterocycles. The van der Waals surface area contributed by atoms with E-state index in [9.17, 15) is 4.79 Å². The molecule has 1 saturated heterocycles. The minimum Gasteiger partial charge on any atom is -0.354 e. The Labute approximate surface area is 149 Å². The van der Waals surface area contributed by atoms with Crippen molar-refractivity contribution in [2.45, 2.75) is 45.2 Å². The fraction of sp³-hybridized carbons (Fsp3) is 0.500. The number of nitrogens with zero attached hydrogens (tertiary/aromatic N) is 2. The monoisotopic (exact) mass is 340 g/mol. The first kappa shape index (κ1) is 17.8. The van der Waals surface area contributed by atoms with Crippen LogP contribution < -0.4 is 11.1 Å². The van der Waals surface area contributed by atoms with Crippen molar-refractivity contribution in [2.75, 3.05) is 19.6 Å². The highest BCUT2D eigenvalue weighted by molar-refractivity contribution is 5.82. The topological polar surface area (TPSA) is 71.2 Å². The van der Waals surface area contributed by atoms with Crippen LogP contribution in [0.5, 0.6) is 0 Å². The highest BCUT2D eigenvalue weighted by Crippen LogP contribution is 2.23. The molecule has 0 bridgehead atoms. The van der Waals surface area contributed by atoms with Gasteiger partial charge in [-0.3, -0.25) is 14.7 Å². The van der Waals surface area contributed by atoms with Gasteiger partial charge in [0.1, 0.15) is 0 Å². The third-order valence-corrected chi connectivity index (χ3v) is 5.00. The van der Waals surface area contributed by atoms with Gasteiger partial charge < -0.3 is 11.1 Å². The molecule has 0 spiro atoms. The van der Waals surface area contributed by atoms with Crippen molar-refractivity contribution in [1.82, 2.24) is 15.2 Å². The van der Waals surface area contributed by atoms with E-state index in [-0.39, 0.29) is 5.91 Å². The van der Waals surface area contributed by atoms with Crippen LogP contribution in [0.1, 0.15) is 36.8 Å². The Morgan fingerprint density at radius 3 is 3.12 bits per heavy atom. The second-order valence-corrected chi connectivity index (χ2v) is 6.95. The molecule has 3 rings (SSSR count). The van der Waals surface area contributed by atoms with Gasteiger partial charge in [-0.15, -0.1) is 0 Å². The molecule has 1 aromatic carbocycles. The standard InChI is InChI=1S/C20H28N4O/c1-15-11-16(12-17-5-4-9-22-20(15)17)14-24-10-3-2-6-18(24)13-23-19(25)7-8-21/h4-5,9,11-12,18H,2-3,6-8,10,13-14,21H2,1H3,(H,23,25). The highest BCUT2D eigenvalue weighted by Gasteiger charge is 2.23. The fourth-order valence-corrected chi connectivity index (χ4v) is 3.73. The summed E-state index contributed by atoms with van der Waals surface area (Å²) in [5.41, 5.74) is 9.07. The zero-order chi connectivity index (χ0) is 17.6. The van der Waals surface area contributed by atoms with Crippen molar-refractivity contribution in [3.63, 3.8) is 0 Å². The zero-order valence-corrected chi connectivity index (χ0v) is 15.0. The molecule has 1 unspecified atom stereocenters. The lowest BCUT2D eigenvalue weighted by Crippen LogP contribution is -2.46. The van der Waals surface area contributed by atoms with Gasteiger partial charge in [-0.05, 0) is 49.6 Å². The molecule has 2 heterocycles. The summed E-state index contributed by atoms with van der Waals surface area (Å²) in [6, 6.07) is 9.00. The molecule has 0 aliphatic carbocycles. The Kier molecular flexibility index (Phi) is 6.00. The Morgan fingerprint density at radius 2 is 2.28 bits per heavy atom. The molecule has 1 aliphatic rings. The second kappa shape index (κ2) is 8.41. The second-order valence-electron chi connectivity index (χ2n) is 6.95. The number of nitrogens with two attached hydrogens (primary N) is 1. The number of amides is 1. The summed E-state index contributed by atoms with van der Waals surface area (Å²) in [5, 5.41) is 4.24. The maximum Gasteiger partial charge on any atom is 0.221 e. The summed E-state index contributed by atoms with van der Waals surface area (Å²) in [6.07, 6.45) is 5.84. The predicted octanol–water partition coefficient (Wildman–Crippen LogP) is 2.36. The highest BCUT2D eigenvalue weighted by atomic mass is 16.1. The van der Waals surface area contributed by atoms with Gasteiger partial charge in [0, 0.05) is 43.7 Å². The molecule has 0 saturated carbocycles. The number of nitrogens with one attached hydrogen (secondary N) is 1. The van der Waals surface area contributed by atoms with E-state index in [2.05, 4.69) is 40.3 Å². The van der Waals surface area contributed by atoms with E-state index in [1.165, 1.54) is 29.4 Å². The Hall–Kier alpha value is -1.98. The van der Waals surface area contributed by atoms with Crippen LogP contribution >= 0.6 is 0 Å². The number of pyridine rings is 1. The van der Waals surface area contributed by atoms with Crippen LogP contribution in [-0.2, 0) is 11.3 Å². The van der Waals surface area contributed by atoms with Gasteiger partial charge in [0.15, 0.2) is 0 Å². The molecule has 2 aromatic rings. The van der Waals surface area contributed by atoms with Crippen molar-refractivity contribution in [1.29, 1.82) is 0 Å². The van der Waals surface area contributed by atoms with Crippen LogP contribution in [0.15, 0.2) is 30.5 Å². The van der Waals surface area contributed by atoms with Gasteiger partial charge >= 0.3 is 0 Å². The number of aromatic nitrogens is 1. The van der Waals surface area contributed by atoms with Crippen LogP contribution in [-0.4, -0.2) is 41.5 Å². The van der Waals surface area contributed by atoms with Crippen LogP contribution in [0.2, 0.25) is 0 Å². The molecule has 5 nitrogen and oxygen atoms in total. The van der Waals surface area contributed by atoms with Gasteiger partial charge in [0.25, 0.3) is 0 Å². The molecule has 1 aromatic heterocycles. The zero-order valence-electron chi connectivity index (χ0n) is 15.0. The summed E-state index contributed by atoms with van der Waals surface area (Å²) in [5.74, 6) is 0.0562. The van der Waals surface area contributed by atoms with Crippen LogP contribution in [0.25, 0.3) is 10.9 Å². The summed E-state index contributed by atoms with van der Waals surface area (Å²) < 4.78 is 0. The number of carbonyl (C=O) groups is 1. The quantitative estimate of drug-likeness (QED) is 0.847. The lowest BCUT2D eigenvalue weighted by Gasteiger charge is -2.36. The molecule has 134 valence electrons. The molecule has 5 heteroatoms. The number of carbonyl (C=O) groups excluding carboxylic acids is 1. The van der Waals surface area contributed by atoms with E-state index in [1.54, 1.807) is 0 Å². The number of hydrogen-bond acceptors (Lipinski definition) is 4. The molecule has 0 radical (unpaired) electrons. The van der Waals surface area contributed by atoms with Gasteiger partial charge in [-0.25, -0.2) is 0 Å². The number of fused-ring (bicyclic) bond motifs is 1. The molecule has 1 amide bonds. The summed E-state index contributed by atoms with van der Waals surface area (Å²) in [4.78, 5) is 18.7. The Morgan fingerprint density at radius 1 is 1.40 bits per heavy atom. The lowest BCUT2D eigenvalue weighted by atomic mass is 9.99. The van der Waals surface area contributed by atoms with Gasteiger partial charge in [-0.1, -0.05) is 18.6 Å². The van der Waals surface area contributed by atoms with E-state index in [0.29, 0.717) is 25.6 Å². The normalized spacial score (nSPS) is 18.4. The maximum absolute atomic E-state index is 11.7. The number of aryl methyl sites for hydroxylation is 1. The fourth-order valence-electron chi connectivity index (χ4n) is 3.73. The molecular formula is C20H28N4O. The van der Waals surface area contributed by atoms with E-state index >= 15 is 0 Å². The van der Waals surface area contributed by atoms with Crippen LogP contribution in [0, 0.1) is 6.92 Å². The third kappa shape index (κ3) is 4.55. The predicted molar refractivity (Wildman–Crippen MR) is 101 cm³/mol. The number of hydrogen-bond donors (Lipinski definition) is 2. The minimum absolute atomic E-state index is 0.0562.